The number of anilines is 1. The zero-order valence-electron chi connectivity index (χ0n) is 17.9. The van der Waals surface area contributed by atoms with E-state index in [2.05, 4.69) is 37.5 Å². The summed E-state index contributed by atoms with van der Waals surface area (Å²) >= 11 is 1.97. The van der Waals surface area contributed by atoms with Crippen LogP contribution in [-0.2, 0) is 0 Å². The largest absolute Gasteiger partial charge is 0.416 e. The molecule has 1 saturated heterocycles. The Hall–Kier alpha value is -2.94. The van der Waals surface area contributed by atoms with Crippen molar-refractivity contribution in [2.75, 3.05) is 23.1 Å². The van der Waals surface area contributed by atoms with Gasteiger partial charge >= 0.3 is 6.18 Å². The molecule has 1 heterocycles. The first-order valence-electron chi connectivity index (χ1n) is 10.8. The summed E-state index contributed by atoms with van der Waals surface area (Å²) in [6.45, 7) is 1.08. The molecular weight excluding hydrogens is 447 g/mol. The minimum absolute atomic E-state index is 0.177. The monoisotopic (exact) mass is 471 g/mol. The van der Waals surface area contributed by atoms with Gasteiger partial charge in [-0.15, -0.1) is 11.8 Å². The van der Waals surface area contributed by atoms with Crippen LogP contribution >= 0.6 is 11.8 Å². The second kappa shape index (κ2) is 10.8. The minimum Gasteiger partial charge on any atom is -0.362 e. The van der Waals surface area contributed by atoms with Crippen molar-refractivity contribution in [3.63, 3.8) is 0 Å². The molecule has 5 nitrogen and oxygen atoms in total. The number of rotatable bonds is 5. The van der Waals surface area contributed by atoms with Gasteiger partial charge in [0.1, 0.15) is 0 Å². The standard InChI is InChI=1S/C24H24F3N5S/c25-24(26,27)18-3-5-19(6-4-18)28-29-20-7-9-21(10-8-20)30-31-22-11-13-23(14-12-22)32-15-1-2-16-33-17-32/h3-5,7-14,19H,1-2,6,15-17H2. The Kier molecular flexibility index (Phi) is 7.59. The van der Waals surface area contributed by atoms with Gasteiger partial charge in [-0.1, -0.05) is 18.2 Å². The Labute approximate surface area is 195 Å². The highest BCUT2D eigenvalue weighted by Crippen LogP contribution is 2.30. The maximum Gasteiger partial charge on any atom is 0.416 e. The van der Waals surface area contributed by atoms with E-state index in [0.717, 1.165) is 30.3 Å². The van der Waals surface area contributed by atoms with Crippen LogP contribution in [0, 0.1) is 0 Å². The normalized spacial score (nSPS) is 19.8. The van der Waals surface area contributed by atoms with Crippen molar-refractivity contribution in [3.8, 4) is 0 Å². The lowest BCUT2D eigenvalue weighted by Crippen LogP contribution is -2.22. The Balaban J connectivity index is 1.31. The third-order valence-electron chi connectivity index (χ3n) is 5.29. The van der Waals surface area contributed by atoms with E-state index < -0.39 is 17.8 Å². The van der Waals surface area contributed by atoms with E-state index in [-0.39, 0.29) is 6.42 Å². The van der Waals surface area contributed by atoms with Gasteiger partial charge in [-0.25, -0.2) is 0 Å². The average Bonchev–Trinajstić information content (AvgIpc) is 3.12. The van der Waals surface area contributed by atoms with Gasteiger partial charge in [0.15, 0.2) is 0 Å². The van der Waals surface area contributed by atoms with Crippen LogP contribution < -0.4 is 4.90 Å². The number of allylic oxidation sites excluding steroid dienone is 2. The number of halogens is 3. The summed E-state index contributed by atoms with van der Waals surface area (Å²) in [5.41, 5.74) is 2.63. The van der Waals surface area contributed by atoms with Crippen LogP contribution in [0.3, 0.4) is 0 Å². The summed E-state index contributed by atoms with van der Waals surface area (Å²) in [5, 5.41) is 16.8. The van der Waals surface area contributed by atoms with Crippen LogP contribution in [0.25, 0.3) is 0 Å². The first kappa shape index (κ1) is 23.2. The van der Waals surface area contributed by atoms with Crippen molar-refractivity contribution < 1.29 is 13.2 Å². The van der Waals surface area contributed by atoms with Gasteiger partial charge in [0.2, 0.25) is 0 Å². The molecule has 1 aliphatic carbocycles. The SMILES string of the molecule is FC(F)(F)C1=CCC(N=Nc2ccc(N=Nc3ccc(N4CCCCSC4)cc3)cc2)C=C1. The third kappa shape index (κ3) is 6.77. The van der Waals surface area contributed by atoms with Gasteiger partial charge in [0, 0.05) is 12.2 Å². The molecule has 1 unspecified atom stereocenters. The molecular formula is C24H24F3N5S. The summed E-state index contributed by atoms with van der Waals surface area (Å²) in [5.74, 6) is 2.24. The predicted octanol–water partition coefficient (Wildman–Crippen LogP) is 8.29. The molecule has 0 amide bonds. The second-order valence-corrected chi connectivity index (χ2v) is 8.85. The lowest BCUT2D eigenvalue weighted by Gasteiger charge is -2.21. The Bertz CT molecular complexity index is 1040. The summed E-state index contributed by atoms with van der Waals surface area (Å²) in [4.78, 5) is 2.39. The topological polar surface area (TPSA) is 52.7 Å². The molecule has 0 aromatic heterocycles. The zero-order chi connectivity index (χ0) is 23.1. The first-order chi connectivity index (χ1) is 16.0. The smallest absolute Gasteiger partial charge is 0.362 e. The minimum atomic E-state index is -4.32. The molecule has 0 spiro atoms. The number of azo groups is 2. The number of thioether (sulfide) groups is 1. The van der Waals surface area contributed by atoms with Crippen molar-refractivity contribution in [2.45, 2.75) is 31.5 Å². The van der Waals surface area contributed by atoms with Crippen LogP contribution in [0.5, 0.6) is 0 Å². The van der Waals surface area contributed by atoms with Gasteiger partial charge in [-0.05, 0) is 73.5 Å². The molecule has 0 radical (unpaired) electrons. The van der Waals surface area contributed by atoms with Gasteiger partial charge in [0.05, 0.1) is 34.6 Å². The number of hydrogen-bond acceptors (Lipinski definition) is 6. The molecule has 1 fully saturated rings. The van der Waals surface area contributed by atoms with Gasteiger partial charge in [-0.3, -0.25) is 0 Å². The summed E-state index contributed by atoms with van der Waals surface area (Å²) in [7, 11) is 0. The van der Waals surface area contributed by atoms with E-state index in [9.17, 15) is 13.2 Å². The Morgan fingerprint density at radius 3 is 2.09 bits per heavy atom. The van der Waals surface area contributed by atoms with Crippen LogP contribution in [-0.4, -0.2) is 30.4 Å². The molecule has 2 aromatic carbocycles. The summed E-state index contributed by atoms with van der Waals surface area (Å²) in [6, 6.07) is 14.8. The van der Waals surface area contributed by atoms with Crippen LogP contribution in [0.4, 0.5) is 35.9 Å². The fourth-order valence-electron chi connectivity index (χ4n) is 3.43. The number of nitrogens with zero attached hydrogens (tertiary/aromatic N) is 5. The van der Waals surface area contributed by atoms with Crippen molar-refractivity contribution in [2.24, 2.45) is 20.5 Å². The fraction of sp³-hybridized carbons (Fsp3) is 0.333. The van der Waals surface area contributed by atoms with Gasteiger partial charge < -0.3 is 4.90 Å². The van der Waals surface area contributed by atoms with Crippen LogP contribution in [0.1, 0.15) is 19.3 Å². The number of hydrogen-bond donors (Lipinski definition) is 0. The first-order valence-corrected chi connectivity index (χ1v) is 11.9. The maximum absolute atomic E-state index is 12.6. The predicted molar refractivity (Wildman–Crippen MR) is 127 cm³/mol. The molecule has 9 heteroatoms. The molecule has 1 atom stereocenters. The van der Waals surface area contributed by atoms with Crippen LogP contribution in [0.2, 0.25) is 0 Å². The molecule has 1 aliphatic heterocycles. The van der Waals surface area contributed by atoms with Gasteiger partial charge in [0.25, 0.3) is 0 Å². The fourth-order valence-corrected chi connectivity index (χ4v) is 4.46. The van der Waals surface area contributed by atoms with Gasteiger partial charge in [-0.2, -0.15) is 33.6 Å². The molecule has 0 N–H and O–H groups in total. The van der Waals surface area contributed by atoms with E-state index >= 15 is 0 Å². The molecule has 172 valence electrons. The highest BCUT2D eigenvalue weighted by molar-refractivity contribution is 7.99. The maximum atomic E-state index is 12.6. The van der Waals surface area contributed by atoms with E-state index in [1.165, 1.54) is 30.4 Å². The lowest BCUT2D eigenvalue weighted by molar-refractivity contribution is -0.0886. The number of alkyl halides is 3. The van der Waals surface area contributed by atoms with Crippen molar-refractivity contribution in [1.29, 1.82) is 0 Å². The highest BCUT2D eigenvalue weighted by atomic mass is 32.2. The lowest BCUT2D eigenvalue weighted by atomic mass is 10.0. The molecule has 2 aromatic rings. The quantitative estimate of drug-likeness (QED) is 0.412. The highest BCUT2D eigenvalue weighted by Gasteiger charge is 2.32. The average molecular weight is 472 g/mol. The van der Waals surface area contributed by atoms with Crippen LogP contribution in [0.15, 0.2) is 92.8 Å². The van der Waals surface area contributed by atoms with Crippen molar-refractivity contribution >= 4 is 34.5 Å². The van der Waals surface area contributed by atoms with E-state index in [1.54, 1.807) is 24.3 Å². The Morgan fingerprint density at radius 1 is 0.848 bits per heavy atom. The molecule has 0 saturated carbocycles. The van der Waals surface area contributed by atoms with Crippen molar-refractivity contribution in [1.82, 2.24) is 0 Å². The van der Waals surface area contributed by atoms with Crippen molar-refractivity contribution in [3.05, 3.63) is 72.3 Å². The second-order valence-electron chi connectivity index (χ2n) is 7.78. The third-order valence-corrected chi connectivity index (χ3v) is 6.36. The molecule has 33 heavy (non-hydrogen) atoms. The van der Waals surface area contributed by atoms with E-state index in [4.69, 9.17) is 0 Å². The van der Waals surface area contributed by atoms with E-state index in [0.29, 0.717) is 11.4 Å². The summed E-state index contributed by atoms with van der Waals surface area (Å²) < 4.78 is 37.9. The van der Waals surface area contributed by atoms with E-state index in [1.807, 2.05) is 23.9 Å². The Morgan fingerprint density at radius 2 is 1.48 bits per heavy atom. The molecule has 2 aliphatic rings. The zero-order valence-corrected chi connectivity index (χ0v) is 18.8. The molecule has 4 rings (SSSR count). The molecule has 0 bridgehead atoms. The number of benzene rings is 2. The summed E-state index contributed by atoms with van der Waals surface area (Å²) in [6.07, 6.45) is 1.96.